The van der Waals surface area contributed by atoms with Gasteiger partial charge in [0.05, 0.1) is 15.9 Å². The average Bonchev–Trinajstić information content (AvgIpc) is 2.77. The highest BCUT2D eigenvalue weighted by molar-refractivity contribution is 5.92. The largest absolute Gasteiger partial charge is 0.460 e. The molecule has 1 aromatic heterocycles. The van der Waals surface area contributed by atoms with E-state index in [4.69, 9.17) is 13.9 Å². The highest BCUT2D eigenvalue weighted by atomic mass is 16.6. The molecule has 1 heterocycles. The van der Waals surface area contributed by atoms with E-state index in [0.29, 0.717) is 11.3 Å². The van der Waals surface area contributed by atoms with Crippen molar-refractivity contribution in [3.63, 3.8) is 0 Å². The normalized spacial score (nSPS) is 10.7. The van der Waals surface area contributed by atoms with Crippen molar-refractivity contribution < 1.29 is 23.6 Å². The number of nitrogens with zero attached hydrogens (tertiary/aromatic N) is 1. The molecule has 0 atom stereocenters. The van der Waals surface area contributed by atoms with Crippen LogP contribution in [0, 0.1) is 24.0 Å². The zero-order valence-electron chi connectivity index (χ0n) is 17.2. The Kier molecular flexibility index (Phi) is 5.43. The molecule has 3 aromatic carbocycles. The second-order valence-electron chi connectivity index (χ2n) is 7.15. The summed E-state index contributed by atoms with van der Waals surface area (Å²) in [5, 5.41) is 11.2. The number of fused-ring (bicyclic) bond motifs is 1. The number of carbonyl (C=O) groups excluding carboxylic acids is 1. The monoisotopic (exact) mass is 431 g/mol. The molecule has 0 spiro atoms. The van der Waals surface area contributed by atoms with Crippen molar-refractivity contribution in [2.45, 2.75) is 13.8 Å². The van der Waals surface area contributed by atoms with Gasteiger partial charge in [-0.1, -0.05) is 17.7 Å². The van der Waals surface area contributed by atoms with Gasteiger partial charge in [-0.25, -0.2) is 4.79 Å². The topological polar surface area (TPSA) is 109 Å². The zero-order chi connectivity index (χ0) is 22.8. The molecule has 0 saturated heterocycles. The predicted molar refractivity (Wildman–Crippen MR) is 117 cm³/mol. The van der Waals surface area contributed by atoms with Gasteiger partial charge in [-0.05, 0) is 50.2 Å². The molecule has 0 saturated carbocycles. The van der Waals surface area contributed by atoms with Crippen LogP contribution in [0.25, 0.3) is 11.0 Å². The Morgan fingerprint density at radius 2 is 1.69 bits per heavy atom. The van der Waals surface area contributed by atoms with Gasteiger partial charge in [0.2, 0.25) is 11.2 Å². The molecule has 0 N–H and O–H groups in total. The molecule has 0 bridgehead atoms. The van der Waals surface area contributed by atoms with Crippen LogP contribution in [-0.2, 0) is 0 Å². The lowest BCUT2D eigenvalue weighted by Gasteiger charge is -2.08. The van der Waals surface area contributed by atoms with Crippen molar-refractivity contribution >= 4 is 22.6 Å². The standard InChI is InChI=1S/C24H17NO7/c1-14-3-6-17(7-4-14)31-22-13-30-21-12-18(8-9-19(21)23(22)26)32-24(27)16-5-10-20(25(28)29)15(2)11-16/h3-13H,1-2H3. The molecule has 0 aliphatic carbocycles. The maximum Gasteiger partial charge on any atom is 0.343 e. The van der Waals surface area contributed by atoms with Crippen LogP contribution < -0.4 is 14.9 Å². The fourth-order valence-electron chi connectivity index (χ4n) is 3.11. The van der Waals surface area contributed by atoms with Crippen LogP contribution in [0.5, 0.6) is 17.2 Å². The summed E-state index contributed by atoms with van der Waals surface area (Å²) in [5.41, 5.74) is 1.34. The Bertz CT molecular complexity index is 1400. The minimum atomic E-state index is -0.691. The van der Waals surface area contributed by atoms with Gasteiger partial charge in [0.25, 0.3) is 5.69 Å². The summed E-state index contributed by atoms with van der Waals surface area (Å²) in [4.78, 5) is 35.6. The quantitative estimate of drug-likeness (QED) is 0.182. The van der Waals surface area contributed by atoms with E-state index in [1.165, 1.54) is 49.6 Å². The number of nitro benzene ring substituents is 1. The molecular weight excluding hydrogens is 414 g/mol. The number of hydrogen-bond donors (Lipinski definition) is 0. The van der Waals surface area contributed by atoms with Crippen LogP contribution in [0.4, 0.5) is 5.69 Å². The second-order valence-corrected chi connectivity index (χ2v) is 7.15. The third-order valence-electron chi connectivity index (χ3n) is 4.80. The van der Waals surface area contributed by atoms with Gasteiger partial charge >= 0.3 is 5.97 Å². The molecule has 0 unspecified atom stereocenters. The average molecular weight is 431 g/mol. The van der Waals surface area contributed by atoms with Gasteiger partial charge in [-0.3, -0.25) is 14.9 Å². The smallest absolute Gasteiger partial charge is 0.343 e. The van der Waals surface area contributed by atoms with E-state index in [1.807, 2.05) is 19.1 Å². The zero-order valence-corrected chi connectivity index (χ0v) is 17.2. The number of rotatable bonds is 5. The van der Waals surface area contributed by atoms with E-state index < -0.39 is 10.9 Å². The van der Waals surface area contributed by atoms with Gasteiger partial charge in [-0.15, -0.1) is 0 Å². The predicted octanol–water partition coefficient (Wildman–Crippen LogP) is 5.33. The van der Waals surface area contributed by atoms with Crippen molar-refractivity contribution in [2.75, 3.05) is 0 Å². The maximum atomic E-state index is 12.7. The first kappa shape index (κ1) is 20.8. The molecule has 0 fully saturated rings. The molecule has 4 aromatic rings. The first-order valence-electron chi connectivity index (χ1n) is 9.59. The summed E-state index contributed by atoms with van der Waals surface area (Å²) >= 11 is 0. The van der Waals surface area contributed by atoms with Crippen LogP contribution in [0.15, 0.2) is 76.1 Å². The molecular formula is C24H17NO7. The number of esters is 1. The van der Waals surface area contributed by atoms with Crippen LogP contribution in [0.1, 0.15) is 21.5 Å². The number of carbonyl (C=O) groups is 1. The van der Waals surface area contributed by atoms with Crippen LogP contribution in [0.2, 0.25) is 0 Å². The van der Waals surface area contributed by atoms with Gasteiger partial charge in [0.1, 0.15) is 23.3 Å². The summed E-state index contributed by atoms with van der Waals surface area (Å²) in [7, 11) is 0. The lowest BCUT2D eigenvalue weighted by molar-refractivity contribution is -0.385. The van der Waals surface area contributed by atoms with E-state index in [0.717, 1.165) is 5.56 Å². The third-order valence-corrected chi connectivity index (χ3v) is 4.80. The molecule has 0 aliphatic rings. The third kappa shape index (κ3) is 4.20. The van der Waals surface area contributed by atoms with Crippen molar-refractivity contribution in [2.24, 2.45) is 0 Å². The Labute approximate surface area is 181 Å². The first-order chi connectivity index (χ1) is 15.3. The molecule has 8 heteroatoms. The SMILES string of the molecule is Cc1ccc(Oc2coc3cc(OC(=O)c4ccc([N+](=O)[O-])c(C)c4)ccc3c2=O)cc1. The maximum absolute atomic E-state index is 12.7. The Morgan fingerprint density at radius 1 is 0.969 bits per heavy atom. The summed E-state index contributed by atoms with van der Waals surface area (Å²) in [6.07, 6.45) is 1.20. The summed E-state index contributed by atoms with van der Waals surface area (Å²) in [6, 6.07) is 15.6. The molecule has 0 amide bonds. The van der Waals surface area contributed by atoms with E-state index in [9.17, 15) is 19.7 Å². The molecule has 8 nitrogen and oxygen atoms in total. The van der Waals surface area contributed by atoms with Gasteiger partial charge in [0, 0.05) is 17.7 Å². The fraction of sp³-hybridized carbons (Fsp3) is 0.0833. The van der Waals surface area contributed by atoms with Crippen LogP contribution >= 0.6 is 0 Å². The first-order valence-corrected chi connectivity index (χ1v) is 9.59. The minimum Gasteiger partial charge on any atom is -0.460 e. The Hall–Kier alpha value is -4.46. The molecule has 32 heavy (non-hydrogen) atoms. The minimum absolute atomic E-state index is 0.0347. The van der Waals surface area contributed by atoms with E-state index >= 15 is 0 Å². The highest BCUT2D eigenvalue weighted by Crippen LogP contribution is 2.25. The van der Waals surface area contributed by atoms with E-state index in [2.05, 4.69) is 0 Å². The molecule has 0 aliphatic heterocycles. The molecule has 160 valence electrons. The fourth-order valence-corrected chi connectivity index (χ4v) is 3.11. The summed E-state index contributed by atoms with van der Waals surface area (Å²) in [6.45, 7) is 3.48. The van der Waals surface area contributed by atoms with Crippen molar-refractivity contribution in [3.8, 4) is 17.2 Å². The van der Waals surface area contributed by atoms with Crippen molar-refractivity contribution in [1.29, 1.82) is 0 Å². The Morgan fingerprint density at radius 3 is 2.38 bits per heavy atom. The number of hydrogen-bond acceptors (Lipinski definition) is 7. The summed E-state index contributed by atoms with van der Waals surface area (Å²) < 4.78 is 16.5. The van der Waals surface area contributed by atoms with Gasteiger partial charge < -0.3 is 13.9 Å². The lowest BCUT2D eigenvalue weighted by atomic mass is 10.1. The number of benzene rings is 3. The lowest BCUT2D eigenvalue weighted by Crippen LogP contribution is -2.10. The van der Waals surface area contributed by atoms with E-state index in [-0.39, 0.29) is 39.1 Å². The Balaban J connectivity index is 1.57. The van der Waals surface area contributed by atoms with E-state index in [1.54, 1.807) is 12.1 Å². The van der Waals surface area contributed by atoms with Gasteiger partial charge in [0.15, 0.2) is 0 Å². The highest BCUT2D eigenvalue weighted by Gasteiger charge is 2.16. The second kappa shape index (κ2) is 8.35. The summed E-state index contributed by atoms with van der Waals surface area (Å²) in [5.74, 6) is 0.0107. The van der Waals surface area contributed by atoms with Crippen molar-refractivity contribution in [1.82, 2.24) is 0 Å². The molecule has 4 rings (SSSR count). The number of ether oxygens (including phenoxy) is 2. The van der Waals surface area contributed by atoms with Crippen LogP contribution in [-0.4, -0.2) is 10.9 Å². The molecule has 0 radical (unpaired) electrons. The number of aryl methyl sites for hydroxylation is 2. The van der Waals surface area contributed by atoms with Gasteiger partial charge in [-0.2, -0.15) is 0 Å². The van der Waals surface area contributed by atoms with Crippen LogP contribution in [0.3, 0.4) is 0 Å². The van der Waals surface area contributed by atoms with Crippen molar-refractivity contribution in [3.05, 3.63) is 104 Å². The number of nitro groups is 1.